The first-order valence-corrected chi connectivity index (χ1v) is 35.1. The summed E-state index contributed by atoms with van der Waals surface area (Å²) in [5.41, 5.74) is 2.92. The Morgan fingerprint density at radius 2 is 0.519 bits per heavy atom. The molecule has 0 amide bonds. The summed E-state index contributed by atoms with van der Waals surface area (Å²) in [6, 6.07) is 20.2. The molecule has 0 saturated carbocycles. The fraction of sp³-hybridized carbons (Fsp3) is 0.737. The van der Waals surface area contributed by atoms with Crippen molar-refractivity contribution in [3.63, 3.8) is 0 Å². The molecule has 0 aromatic heterocycles. The Labute approximate surface area is 501 Å². The van der Waals surface area contributed by atoms with Gasteiger partial charge in [0.2, 0.25) is 5.75 Å². The van der Waals surface area contributed by atoms with Gasteiger partial charge in [-0.1, -0.05) is 322 Å². The lowest BCUT2D eigenvalue weighted by Gasteiger charge is -2.19. The summed E-state index contributed by atoms with van der Waals surface area (Å²) in [5.74, 6) is 10.5. The molecule has 81 heavy (non-hydrogen) atoms. The van der Waals surface area contributed by atoms with E-state index >= 15 is 0 Å². The van der Waals surface area contributed by atoms with Crippen molar-refractivity contribution in [1.82, 2.24) is 0 Å². The SMILES string of the molecule is CCCCCCCCCCCCCCCCCCOc1cc(COc2ccc(C#Cc3ccc(OC)cc3)cc2)cc(OCCCCCCCCCCCCCCCCCC)c1OCCCCCCCCCCCCCCCCCC. The number of hydrogen-bond acceptors (Lipinski definition) is 5. The van der Waals surface area contributed by atoms with E-state index in [9.17, 15) is 0 Å². The highest BCUT2D eigenvalue weighted by molar-refractivity contribution is 5.54. The van der Waals surface area contributed by atoms with Crippen LogP contribution in [0.15, 0.2) is 60.7 Å². The zero-order valence-electron chi connectivity index (χ0n) is 53.6. The van der Waals surface area contributed by atoms with Crippen LogP contribution in [-0.2, 0) is 6.61 Å². The van der Waals surface area contributed by atoms with Gasteiger partial charge in [-0.05, 0) is 85.5 Å². The van der Waals surface area contributed by atoms with Crippen molar-refractivity contribution in [2.24, 2.45) is 0 Å². The molecule has 3 aromatic rings. The van der Waals surface area contributed by atoms with Crippen LogP contribution in [0.5, 0.6) is 28.7 Å². The zero-order chi connectivity index (χ0) is 57.4. The molecule has 3 rings (SSSR count). The molecular weight excluding hydrogens is 993 g/mol. The molecule has 0 heterocycles. The summed E-state index contributed by atoms with van der Waals surface area (Å²) in [7, 11) is 1.68. The minimum absolute atomic E-state index is 0.404. The van der Waals surface area contributed by atoms with Gasteiger partial charge in [0, 0.05) is 11.1 Å². The predicted molar refractivity (Wildman–Crippen MR) is 351 cm³/mol. The average molecular weight is 1120 g/mol. The highest BCUT2D eigenvalue weighted by Crippen LogP contribution is 2.40. The topological polar surface area (TPSA) is 46.2 Å². The van der Waals surface area contributed by atoms with Crippen molar-refractivity contribution in [2.45, 2.75) is 336 Å². The summed E-state index contributed by atoms with van der Waals surface area (Å²) < 4.78 is 31.9. The van der Waals surface area contributed by atoms with Crippen LogP contribution in [0.1, 0.15) is 346 Å². The third-order valence-corrected chi connectivity index (χ3v) is 16.5. The van der Waals surface area contributed by atoms with Crippen LogP contribution in [-0.4, -0.2) is 26.9 Å². The van der Waals surface area contributed by atoms with Gasteiger partial charge >= 0.3 is 0 Å². The zero-order valence-corrected chi connectivity index (χ0v) is 53.6. The summed E-state index contributed by atoms with van der Waals surface area (Å²) >= 11 is 0. The van der Waals surface area contributed by atoms with Gasteiger partial charge in [-0.2, -0.15) is 0 Å². The molecule has 0 aliphatic heterocycles. The van der Waals surface area contributed by atoms with E-state index in [1.54, 1.807) is 7.11 Å². The first kappa shape index (κ1) is 71.5. The van der Waals surface area contributed by atoms with Gasteiger partial charge in [0.1, 0.15) is 18.1 Å². The van der Waals surface area contributed by atoms with Crippen molar-refractivity contribution in [2.75, 3.05) is 26.9 Å². The second kappa shape index (κ2) is 54.2. The molecule has 5 heteroatoms. The Morgan fingerprint density at radius 1 is 0.272 bits per heavy atom. The molecule has 0 N–H and O–H groups in total. The van der Waals surface area contributed by atoms with Gasteiger partial charge in [-0.25, -0.2) is 0 Å². The molecule has 0 spiro atoms. The Kier molecular flexibility index (Phi) is 47.8. The van der Waals surface area contributed by atoms with E-state index in [0.29, 0.717) is 26.4 Å². The van der Waals surface area contributed by atoms with Crippen LogP contribution in [0.2, 0.25) is 0 Å². The Hall–Kier alpha value is -3.78. The minimum Gasteiger partial charge on any atom is -0.497 e. The van der Waals surface area contributed by atoms with E-state index in [2.05, 4.69) is 44.7 Å². The Balaban J connectivity index is 1.56. The third kappa shape index (κ3) is 41.0. The molecule has 460 valence electrons. The predicted octanol–water partition coefficient (Wildman–Crippen LogP) is 24.6. The van der Waals surface area contributed by atoms with Crippen LogP contribution >= 0.6 is 0 Å². The van der Waals surface area contributed by atoms with Gasteiger partial charge < -0.3 is 23.7 Å². The van der Waals surface area contributed by atoms with Crippen LogP contribution in [0.3, 0.4) is 0 Å². The fourth-order valence-electron chi connectivity index (χ4n) is 11.2. The van der Waals surface area contributed by atoms with E-state index in [4.69, 9.17) is 23.7 Å². The maximum Gasteiger partial charge on any atom is 0.203 e. The van der Waals surface area contributed by atoms with Crippen LogP contribution in [0.25, 0.3) is 0 Å². The van der Waals surface area contributed by atoms with Gasteiger partial charge in [0.15, 0.2) is 11.5 Å². The molecule has 5 nitrogen and oxygen atoms in total. The summed E-state index contributed by atoms with van der Waals surface area (Å²) in [5, 5.41) is 0. The minimum atomic E-state index is 0.404. The second-order valence-electron chi connectivity index (χ2n) is 24.2. The van der Waals surface area contributed by atoms with Crippen LogP contribution in [0.4, 0.5) is 0 Å². The van der Waals surface area contributed by atoms with E-state index in [1.807, 2.05) is 48.5 Å². The lowest BCUT2D eigenvalue weighted by Crippen LogP contribution is -2.08. The first-order valence-electron chi connectivity index (χ1n) is 35.1. The van der Waals surface area contributed by atoms with E-state index in [-0.39, 0.29) is 0 Å². The fourth-order valence-corrected chi connectivity index (χ4v) is 11.2. The first-order chi connectivity index (χ1) is 40.2. The number of benzene rings is 3. The van der Waals surface area contributed by atoms with Crippen molar-refractivity contribution in [3.8, 4) is 40.6 Å². The smallest absolute Gasteiger partial charge is 0.203 e. The maximum atomic E-state index is 6.74. The molecule has 0 atom stereocenters. The van der Waals surface area contributed by atoms with Gasteiger partial charge in [0.25, 0.3) is 0 Å². The summed E-state index contributed by atoms with van der Waals surface area (Å²) in [4.78, 5) is 0. The maximum absolute atomic E-state index is 6.74. The van der Waals surface area contributed by atoms with E-state index < -0.39 is 0 Å². The molecule has 0 radical (unpaired) electrons. The van der Waals surface area contributed by atoms with Crippen molar-refractivity contribution in [3.05, 3.63) is 77.4 Å². The average Bonchev–Trinajstić information content (AvgIpc) is 3.50. The molecule has 0 fully saturated rings. The lowest BCUT2D eigenvalue weighted by atomic mass is 10.0. The number of hydrogen-bond donors (Lipinski definition) is 0. The molecule has 0 saturated heterocycles. The molecule has 0 aliphatic rings. The summed E-state index contributed by atoms with van der Waals surface area (Å²) in [6.07, 6.45) is 65.2. The van der Waals surface area contributed by atoms with E-state index in [1.165, 1.54) is 289 Å². The van der Waals surface area contributed by atoms with Gasteiger partial charge in [0.05, 0.1) is 26.9 Å². The number of rotatable bonds is 58. The molecule has 3 aromatic carbocycles. The Morgan fingerprint density at radius 3 is 0.790 bits per heavy atom. The number of unbranched alkanes of at least 4 members (excludes halogenated alkanes) is 45. The number of methoxy groups -OCH3 is 1. The number of ether oxygens (including phenoxy) is 5. The summed E-state index contributed by atoms with van der Waals surface area (Å²) in [6.45, 7) is 9.34. The quantitative estimate of drug-likeness (QED) is 0.0416. The third-order valence-electron chi connectivity index (χ3n) is 16.5. The molecule has 0 bridgehead atoms. The lowest BCUT2D eigenvalue weighted by molar-refractivity contribution is 0.232. The van der Waals surface area contributed by atoms with Crippen LogP contribution in [0, 0.1) is 11.8 Å². The van der Waals surface area contributed by atoms with E-state index in [0.717, 1.165) is 64.7 Å². The molecular formula is C76H126O5. The van der Waals surface area contributed by atoms with Crippen molar-refractivity contribution >= 4 is 0 Å². The van der Waals surface area contributed by atoms with Crippen LogP contribution < -0.4 is 23.7 Å². The van der Waals surface area contributed by atoms with Gasteiger partial charge in [-0.3, -0.25) is 0 Å². The highest BCUT2D eigenvalue weighted by atomic mass is 16.5. The second-order valence-corrected chi connectivity index (χ2v) is 24.2. The largest absolute Gasteiger partial charge is 0.497 e. The highest BCUT2D eigenvalue weighted by Gasteiger charge is 2.17. The Bertz CT molecular complexity index is 1820. The van der Waals surface area contributed by atoms with Crippen molar-refractivity contribution in [1.29, 1.82) is 0 Å². The monoisotopic (exact) mass is 1120 g/mol. The standard InChI is InChI=1S/C76H126O5/c1-5-8-11-14-17-20-23-26-29-32-35-38-41-44-47-50-63-78-74-66-71(68-81-73-61-57-70(58-62-73)54-53-69-55-59-72(77-4)60-56-69)67-75(79-64-51-48-45-42-39-36-33-30-27-24-21-18-15-12-9-6-2)76(74)80-65-52-49-46-43-40-37-34-31-28-25-22-19-16-13-10-7-3/h55-62,66-67H,5-52,63-65,68H2,1-4H3. The van der Waals surface area contributed by atoms with Gasteiger partial charge in [-0.15, -0.1) is 0 Å². The molecule has 0 aliphatic carbocycles. The normalized spacial score (nSPS) is 11.2. The van der Waals surface area contributed by atoms with Crippen molar-refractivity contribution < 1.29 is 23.7 Å². The molecule has 0 unspecified atom stereocenters.